The van der Waals surface area contributed by atoms with Crippen LogP contribution in [0.15, 0.2) is 54.6 Å². The van der Waals surface area contributed by atoms with Gasteiger partial charge in [-0.05, 0) is 17.7 Å². The largest absolute Gasteiger partial charge is 0.509 e. The summed E-state index contributed by atoms with van der Waals surface area (Å²) >= 11 is 0. The van der Waals surface area contributed by atoms with Crippen LogP contribution in [-0.2, 0) is 9.47 Å². The second kappa shape index (κ2) is 5.70. The zero-order chi connectivity index (χ0) is 15.5. The molecule has 2 aromatic rings. The summed E-state index contributed by atoms with van der Waals surface area (Å²) in [6.07, 6.45) is -2.71. The average Bonchev–Trinajstić information content (AvgIpc) is 2.97. The predicted octanol–water partition coefficient (Wildman–Crippen LogP) is 3.02. The lowest BCUT2D eigenvalue weighted by Gasteiger charge is -2.14. The highest BCUT2D eigenvalue weighted by Gasteiger charge is 2.42. The van der Waals surface area contributed by atoms with Crippen LogP contribution in [0.1, 0.15) is 27.6 Å². The third kappa shape index (κ3) is 2.54. The van der Waals surface area contributed by atoms with Crippen molar-refractivity contribution < 1.29 is 19.1 Å². The van der Waals surface area contributed by atoms with E-state index in [1.807, 2.05) is 6.07 Å². The van der Waals surface area contributed by atoms with Gasteiger partial charge in [0, 0.05) is 5.56 Å². The van der Waals surface area contributed by atoms with Crippen molar-refractivity contribution in [3.05, 3.63) is 71.3 Å². The molecule has 0 bridgehead atoms. The number of benzene rings is 2. The van der Waals surface area contributed by atoms with Crippen LogP contribution in [0.2, 0.25) is 0 Å². The lowest BCUT2D eigenvalue weighted by molar-refractivity contribution is 0.0716. The number of cyclic esters (lactones) is 2. The van der Waals surface area contributed by atoms with E-state index in [9.17, 15) is 9.59 Å². The molecule has 0 spiro atoms. The number of rotatable bonds is 3. The average molecular weight is 293 g/mol. The molecule has 1 heterocycles. The maximum atomic E-state index is 12.5. The Morgan fingerprint density at radius 3 is 2.32 bits per heavy atom. The van der Waals surface area contributed by atoms with E-state index in [1.54, 1.807) is 54.6 Å². The summed E-state index contributed by atoms with van der Waals surface area (Å²) in [5.41, 5.74) is 1.54. The van der Waals surface area contributed by atoms with Crippen LogP contribution in [0.3, 0.4) is 0 Å². The number of ether oxygens (including phenoxy) is 2. The number of Topliss-reactive ketones (excluding diaryl/α,β-unsaturated/α-hetero) is 1. The van der Waals surface area contributed by atoms with E-state index in [-0.39, 0.29) is 5.78 Å². The van der Waals surface area contributed by atoms with Gasteiger partial charge in [-0.1, -0.05) is 42.5 Å². The molecule has 0 aliphatic carbocycles. The predicted molar refractivity (Wildman–Crippen MR) is 76.0 cm³/mol. The minimum Gasteiger partial charge on any atom is -0.422 e. The summed E-state index contributed by atoms with van der Waals surface area (Å²) in [6.45, 7) is 0. The zero-order valence-electron chi connectivity index (χ0n) is 11.4. The van der Waals surface area contributed by atoms with Gasteiger partial charge in [0.2, 0.25) is 11.9 Å². The number of carbonyl (C=O) groups excluding carboxylic acids is 2. The van der Waals surface area contributed by atoms with Gasteiger partial charge in [-0.2, -0.15) is 5.26 Å². The van der Waals surface area contributed by atoms with Gasteiger partial charge in [-0.25, -0.2) is 4.79 Å². The molecule has 0 saturated carbocycles. The smallest absolute Gasteiger partial charge is 0.422 e. The standard InChI is InChI=1S/C17H11NO4/c18-10-11-6-8-13(9-7-11)15-16(22-17(20)21-15)14(19)12-4-2-1-3-5-12/h1-9,15-16H/t15-,16-/m0/s1. The zero-order valence-corrected chi connectivity index (χ0v) is 11.4. The van der Waals surface area contributed by atoms with Gasteiger partial charge >= 0.3 is 6.16 Å². The van der Waals surface area contributed by atoms with E-state index in [4.69, 9.17) is 14.7 Å². The summed E-state index contributed by atoms with van der Waals surface area (Å²) in [4.78, 5) is 23.9. The highest BCUT2D eigenvalue weighted by molar-refractivity contribution is 6.01. The third-order valence-corrected chi connectivity index (χ3v) is 3.41. The summed E-state index contributed by atoms with van der Waals surface area (Å²) in [7, 11) is 0. The van der Waals surface area contributed by atoms with Gasteiger partial charge in [0.15, 0.2) is 6.10 Å². The van der Waals surface area contributed by atoms with Gasteiger partial charge in [-0.3, -0.25) is 4.79 Å². The van der Waals surface area contributed by atoms with Gasteiger partial charge in [0.1, 0.15) is 0 Å². The van der Waals surface area contributed by atoms with Crippen LogP contribution in [-0.4, -0.2) is 18.0 Å². The Kier molecular flexibility index (Phi) is 3.58. The molecule has 5 nitrogen and oxygen atoms in total. The summed E-state index contributed by atoms with van der Waals surface area (Å²) in [6, 6.07) is 17.1. The Hall–Kier alpha value is -3.13. The third-order valence-electron chi connectivity index (χ3n) is 3.41. The van der Waals surface area contributed by atoms with Crippen LogP contribution in [0, 0.1) is 11.3 Å². The monoisotopic (exact) mass is 293 g/mol. The van der Waals surface area contributed by atoms with E-state index in [2.05, 4.69) is 0 Å². The van der Waals surface area contributed by atoms with Gasteiger partial charge < -0.3 is 9.47 Å². The molecular weight excluding hydrogens is 282 g/mol. The van der Waals surface area contributed by atoms with Crippen molar-refractivity contribution in [3.8, 4) is 6.07 Å². The molecule has 2 aromatic carbocycles. The van der Waals surface area contributed by atoms with E-state index < -0.39 is 18.4 Å². The highest BCUT2D eigenvalue weighted by Crippen LogP contribution is 2.32. The first kappa shape index (κ1) is 13.8. The Bertz CT molecular complexity index is 746. The fourth-order valence-electron chi connectivity index (χ4n) is 2.31. The fraction of sp³-hybridized carbons (Fsp3) is 0.118. The molecule has 1 aliphatic rings. The fourth-order valence-corrected chi connectivity index (χ4v) is 2.31. The maximum absolute atomic E-state index is 12.5. The normalized spacial score (nSPS) is 19.9. The quantitative estimate of drug-likeness (QED) is 0.642. The number of nitriles is 1. The van der Waals surface area contributed by atoms with E-state index in [0.717, 1.165) is 0 Å². The van der Waals surface area contributed by atoms with Crippen LogP contribution in [0.25, 0.3) is 0 Å². The van der Waals surface area contributed by atoms with Crippen molar-refractivity contribution in [2.75, 3.05) is 0 Å². The molecule has 0 aromatic heterocycles. The molecule has 0 amide bonds. The van der Waals surface area contributed by atoms with Crippen molar-refractivity contribution >= 4 is 11.9 Å². The van der Waals surface area contributed by atoms with E-state index in [0.29, 0.717) is 16.7 Å². The first-order valence-corrected chi connectivity index (χ1v) is 6.65. The molecule has 22 heavy (non-hydrogen) atoms. The lowest BCUT2D eigenvalue weighted by atomic mass is 9.97. The Labute approximate surface area is 126 Å². The highest BCUT2D eigenvalue weighted by atomic mass is 16.8. The summed E-state index contributed by atoms with van der Waals surface area (Å²) in [5, 5.41) is 8.81. The number of ketones is 1. The van der Waals surface area contributed by atoms with Crippen molar-refractivity contribution in [1.29, 1.82) is 5.26 Å². The number of hydrogen-bond donors (Lipinski definition) is 0. The maximum Gasteiger partial charge on any atom is 0.509 e. The Balaban J connectivity index is 1.90. The lowest BCUT2D eigenvalue weighted by Crippen LogP contribution is -2.26. The summed E-state index contributed by atoms with van der Waals surface area (Å²) in [5.74, 6) is -0.319. The van der Waals surface area contributed by atoms with Crippen molar-refractivity contribution in [2.45, 2.75) is 12.2 Å². The van der Waals surface area contributed by atoms with Crippen molar-refractivity contribution in [1.82, 2.24) is 0 Å². The second-order valence-electron chi connectivity index (χ2n) is 4.79. The van der Waals surface area contributed by atoms with Crippen LogP contribution in [0.4, 0.5) is 4.79 Å². The Morgan fingerprint density at radius 1 is 1.00 bits per heavy atom. The number of carbonyl (C=O) groups is 2. The van der Waals surface area contributed by atoms with Gasteiger partial charge in [-0.15, -0.1) is 0 Å². The van der Waals surface area contributed by atoms with Crippen molar-refractivity contribution in [2.24, 2.45) is 0 Å². The molecule has 3 rings (SSSR count). The molecular formula is C17H11NO4. The molecule has 5 heteroatoms. The van der Waals surface area contributed by atoms with Crippen LogP contribution >= 0.6 is 0 Å². The van der Waals surface area contributed by atoms with Gasteiger partial charge in [0.25, 0.3) is 0 Å². The molecule has 2 atom stereocenters. The van der Waals surface area contributed by atoms with E-state index in [1.165, 1.54) is 0 Å². The van der Waals surface area contributed by atoms with Crippen LogP contribution in [0.5, 0.6) is 0 Å². The molecule has 108 valence electrons. The Morgan fingerprint density at radius 2 is 1.68 bits per heavy atom. The first-order valence-electron chi connectivity index (χ1n) is 6.65. The minimum atomic E-state index is -1.03. The minimum absolute atomic E-state index is 0.319. The van der Waals surface area contributed by atoms with Crippen LogP contribution < -0.4 is 0 Å². The first-order chi connectivity index (χ1) is 10.7. The SMILES string of the molecule is N#Cc1ccc([C@@H]2OC(=O)O[C@H]2C(=O)c2ccccc2)cc1. The molecule has 1 saturated heterocycles. The summed E-state index contributed by atoms with van der Waals surface area (Å²) < 4.78 is 10.1. The topological polar surface area (TPSA) is 76.4 Å². The molecule has 1 fully saturated rings. The molecule has 0 radical (unpaired) electrons. The van der Waals surface area contributed by atoms with E-state index >= 15 is 0 Å². The molecule has 0 N–H and O–H groups in total. The number of hydrogen-bond acceptors (Lipinski definition) is 5. The van der Waals surface area contributed by atoms with Crippen molar-refractivity contribution in [3.63, 3.8) is 0 Å². The number of nitrogens with zero attached hydrogens (tertiary/aromatic N) is 1. The molecule has 1 aliphatic heterocycles. The molecule has 0 unspecified atom stereocenters. The van der Waals surface area contributed by atoms with Gasteiger partial charge in [0.05, 0.1) is 11.6 Å². The second-order valence-corrected chi connectivity index (χ2v) is 4.79.